The lowest BCUT2D eigenvalue weighted by Gasteiger charge is -2.13. The molecule has 0 saturated carbocycles. The molecular weight excluding hydrogens is 220 g/mol. The molecule has 0 N–H and O–H groups in total. The highest BCUT2D eigenvalue weighted by Gasteiger charge is 2.27. The highest BCUT2D eigenvalue weighted by atomic mass is 16.5. The number of benzene rings is 1. The quantitative estimate of drug-likeness (QED) is 0.579. The van der Waals surface area contributed by atoms with Gasteiger partial charge in [-0.15, -0.1) is 0 Å². The zero-order valence-corrected chi connectivity index (χ0v) is 10.2. The van der Waals surface area contributed by atoms with E-state index in [9.17, 15) is 9.59 Å². The van der Waals surface area contributed by atoms with Gasteiger partial charge in [-0.3, -0.25) is 9.59 Å². The SMILES string of the molecule is CCC(=O)C(C(=O)OC)c1ccc(OC)cc1. The molecule has 0 saturated heterocycles. The molecule has 1 aromatic carbocycles. The van der Waals surface area contributed by atoms with Crippen LogP contribution in [0.25, 0.3) is 0 Å². The van der Waals surface area contributed by atoms with E-state index in [1.165, 1.54) is 7.11 Å². The van der Waals surface area contributed by atoms with Crippen LogP contribution in [0.1, 0.15) is 24.8 Å². The topological polar surface area (TPSA) is 52.6 Å². The van der Waals surface area contributed by atoms with Crippen LogP contribution in [0.3, 0.4) is 0 Å². The number of Topliss-reactive ketones (excluding diaryl/α,β-unsaturated/α-hetero) is 1. The summed E-state index contributed by atoms with van der Waals surface area (Å²) in [7, 11) is 2.84. The number of ketones is 1. The first kappa shape index (κ1) is 13.2. The first-order valence-electron chi connectivity index (χ1n) is 5.38. The van der Waals surface area contributed by atoms with E-state index in [0.717, 1.165) is 0 Å². The van der Waals surface area contributed by atoms with Crippen molar-refractivity contribution < 1.29 is 19.1 Å². The summed E-state index contributed by atoms with van der Waals surface area (Å²) < 4.78 is 9.68. The maximum Gasteiger partial charge on any atom is 0.320 e. The van der Waals surface area contributed by atoms with Gasteiger partial charge in [-0.25, -0.2) is 0 Å². The molecule has 1 unspecified atom stereocenters. The summed E-state index contributed by atoms with van der Waals surface area (Å²) in [5.41, 5.74) is 0.629. The van der Waals surface area contributed by atoms with Crippen LogP contribution in [0.4, 0.5) is 0 Å². The molecule has 1 aromatic rings. The minimum atomic E-state index is -0.837. The van der Waals surface area contributed by atoms with Gasteiger partial charge in [-0.05, 0) is 17.7 Å². The molecule has 1 atom stereocenters. The second-order valence-corrected chi connectivity index (χ2v) is 3.55. The second-order valence-electron chi connectivity index (χ2n) is 3.55. The molecule has 0 amide bonds. The van der Waals surface area contributed by atoms with E-state index < -0.39 is 11.9 Å². The van der Waals surface area contributed by atoms with Gasteiger partial charge in [-0.1, -0.05) is 19.1 Å². The Morgan fingerprint density at radius 3 is 2.18 bits per heavy atom. The molecule has 1 rings (SSSR count). The number of ether oxygens (including phenoxy) is 2. The average molecular weight is 236 g/mol. The van der Waals surface area contributed by atoms with Crippen LogP contribution < -0.4 is 4.74 Å². The largest absolute Gasteiger partial charge is 0.497 e. The van der Waals surface area contributed by atoms with Crippen molar-refractivity contribution in [3.63, 3.8) is 0 Å². The lowest BCUT2D eigenvalue weighted by Crippen LogP contribution is -2.22. The smallest absolute Gasteiger partial charge is 0.320 e. The molecule has 0 aliphatic heterocycles. The van der Waals surface area contributed by atoms with Crippen LogP contribution in [0.5, 0.6) is 5.75 Å². The predicted octanol–water partition coefficient (Wildman–Crippen LogP) is 1.93. The standard InChI is InChI=1S/C13H16O4/c1-4-11(14)12(13(15)17-3)9-5-7-10(16-2)8-6-9/h5-8,12H,4H2,1-3H3. The fourth-order valence-corrected chi connectivity index (χ4v) is 1.57. The van der Waals surface area contributed by atoms with Crippen LogP contribution in [-0.2, 0) is 14.3 Å². The first-order chi connectivity index (χ1) is 8.13. The minimum absolute atomic E-state index is 0.151. The van der Waals surface area contributed by atoms with Crippen molar-refractivity contribution in [2.75, 3.05) is 14.2 Å². The summed E-state index contributed by atoms with van der Waals surface area (Å²) in [5.74, 6) is -0.832. The van der Waals surface area contributed by atoms with E-state index in [4.69, 9.17) is 4.74 Å². The molecule has 92 valence electrons. The van der Waals surface area contributed by atoms with Gasteiger partial charge in [0.05, 0.1) is 14.2 Å². The van der Waals surface area contributed by atoms with Crippen molar-refractivity contribution in [1.82, 2.24) is 0 Å². The maximum atomic E-state index is 11.7. The van der Waals surface area contributed by atoms with Crippen LogP contribution in [0, 0.1) is 0 Å². The molecule has 4 nitrogen and oxygen atoms in total. The number of methoxy groups -OCH3 is 2. The number of hydrogen-bond donors (Lipinski definition) is 0. The van der Waals surface area contributed by atoms with Gasteiger partial charge in [0.1, 0.15) is 11.7 Å². The maximum absolute atomic E-state index is 11.7. The highest BCUT2D eigenvalue weighted by Crippen LogP contribution is 2.22. The third-order valence-corrected chi connectivity index (χ3v) is 2.56. The van der Waals surface area contributed by atoms with Crippen molar-refractivity contribution in [2.45, 2.75) is 19.3 Å². The summed E-state index contributed by atoms with van der Waals surface area (Å²) in [4.78, 5) is 23.3. The van der Waals surface area contributed by atoms with Crippen molar-refractivity contribution in [3.8, 4) is 5.75 Å². The molecule has 0 heterocycles. The van der Waals surface area contributed by atoms with Crippen molar-refractivity contribution >= 4 is 11.8 Å². The van der Waals surface area contributed by atoms with E-state index in [1.54, 1.807) is 38.3 Å². The third kappa shape index (κ3) is 3.06. The van der Waals surface area contributed by atoms with E-state index >= 15 is 0 Å². The molecule has 0 aromatic heterocycles. The van der Waals surface area contributed by atoms with E-state index in [-0.39, 0.29) is 5.78 Å². The number of hydrogen-bond acceptors (Lipinski definition) is 4. The number of carbonyl (C=O) groups excluding carboxylic acids is 2. The molecule has 0 aliphatic rings. The Bertz CT molecular complexity index is 378. The van der Waals surface area contributed by atoms with Gasteiger partial charge < -0.3 is 9.47 Å². The van der Waals surface area contributed by atoms with Crippen LogP contribution in [-0.4, -0.2) is 26.0 Å². The number of esters is 1. The highest BCUT2D eigenvalue weighted by molar-refractivity contribution is 6.04. The summed E-state index contributed by atoms with van der Waals surface area (Å²) >= 11 is 0. The fourth-order valence-electron chi connectivity index (χ4n) is 1.57. The molecule has 0 fully saturated rings. The number of rotatable bonds is 5. The van der Waals surface area contributed by atoms with Crippen molar-refractivity contribution in [3.05, 3.63) is 29.8 Å². The average Bonchev–Trinajstić information content (AvgIpc) is 2.39. The first-order valence-corrected chi connectivity index (χ1v) is 5.38. The molecule has 0 aliphatic carbocycles. The Balaban J connectivity index is 3.04. The molecule has 0 bridgehead atoms. The van der Waals surface area contributed by atoms with E-state index in [2.05, 4.69) is 4.74 Å². The van der Waals surface area contributed by atoms with Crippen LogP contribution in [0.15, 0.2) is 24.3 Å². The van der Waals surface area contributed by atoms with Gasteiger partial charge >= 0.3 is 5.97 Å². The zero-order chi connectivity index (χ0) is 12.8. The lowest BCUT2D eigenvalue weighted by molar-refractivity contribution is -0.145. The summed E-state index contributed by atoms with van der Waals surface area (Å²) in [6.45, 7) is 1.72. The second kappa shape index (κ2) is 6.03. The van der Waals surface area contributed by atoms with Gasteiger partial charge in [-0.2, -0.15) is 0 Å². The molecular formula is C13H16O4. The summed E-state index contributed by atoms with van der Waals surface area (Å²) in [6.07, 6.45) is 0.297. The normalized spacial score (nSPS) is 11.7. The Hall–Kier alpha value is -1.84. The summed E-state index contributed by atoms with van der Waals surface area (Å²) in [5, 5.41) is 0. The molecule has 17 heavy (non-hydrogen) atoms. The monoisotopic (exact) mass is 236 g/mol. The van der Waals surface area contributed by atoms with Gasteiger partial charge in [0.15, 0.2) is 5.78 Å². The predicted molar refractivity (Wildman–Crippen MR) is 63.0 cm³/mol. The lowest BCUT2D eigenvalue weighted by atomic mass is 9.93. The Morgan fingerprint density at radius 1 is 1.18 bits per heavy atom. The molecule has 0 spiro atoms. The van der Waals surface area contributed by atoms with E-state index in [0.29, 0.717) is 17.7 Å². The Labute approximate surface area is 101 Å². The fraction of sp³-hybridized carbons (Fsp3) is 0.385. The zero-order valence-electron chi connectivity index (χ0n) is 10.2. The van der Waals surface area contributed by atoms with Crippen LogP contribution in [0.2, 0.25) is 0 Å². The van der Waals surface area contributed by atoms with E-state index in [1.807, 2.05) is 0 Å². The van der Waals surface area contributed by atoms with Gasteiger partial charge in [0.25, 0.3) is 0 Å². The Kier molecular flexibility index (Phi) is 4.69. The number of carbonyl (C=O) groups is 2. The third-order valence-electron chi connectivity index (χ3n) is 2.56. The molecule has 4 heteroatoms. The summed E-state index contributed by atoms with van der Waals surface area (Å²) in [6, 6.07) is 6.84. The van der Waals surface area contributed by atoms with Crippen LogP contribution >= 0.6 is 0 Å². The van der Waals surface area contributed by atoms with Crippen molar-refractivity contribution in [2.24, 2.45) is 0 Å². The van der Waals surface area contributed by atoms with Gasteiger partial charge in [0.2, 0.25) is 0 Å². The minimum Gasteiger partial charge on any atom is -0.497 e. The van der Waals surface area contributed by atoms with Gasteiger partial charge in [0, 0.05) is 6.42 Å². The Morgan fingerprint density at radius 2 is 1.76 bits per heavy atom. The van der Waals surface area contributed by atoms with Crippen molar-refractivity contribution in [1.29, 1.82) is 0 Å². The molecule has 0 radical (unpaired) electrons.